The van der Waals surface area contributed by atoms with E-state index in [-0.39, 0.29) is 6.04 Å². The molecule has 0 aromatic carbocycles. The first-order chi connectivity index (χ1) is 7.27. The maximum absolute atomic E-state index is 8.78. The third-order valence-corrected chi connectivity index (χ3v) is 1.76. The molecule has 5 heteroatoms. The number of hydrogen-bond acceptors (Lipinski definition) is 5. The van der Waals surface area contributed by atoms with Gasteiger partial charge in [0.1, 0.15) is 6.07 Å². The van der Waals surface area contributed by atoms with E-state index in [0.717, 1.165) is 0 Å². The Kier molecular flexibility index (Phi) is 4.51. The monoisotopic (exact) mass is 206 g/mol. The summed E-state index contributed by atoms with van der Waals surface area (Å²) in [5.41, 5.74) is 0.306. The molecule has 0 radical (unpaired) electrons. The second-order valence-corrected chi connectivity index (χ2v) is 3.07. The highest BCUT2D eigenvalue weighted by Crippen LogP contribution is 2.07. The van der Waals surface area contributed by atoms with Crippen LogP contribution in [0.4, 0.5) is 5.82 Å². The zero-order valence-electron chi connectivity index (χ0n) is 8.90. The molecule has 1 atom stereocenters. The van der Waals surface area contributed by atoms with E-state index >= 15 is 0 Å². The molecule has 1 rings (SSSR count). The number of rotatable bonds is 5. The highest BCUT2D eigenvalue weighted by Gasteiger charge is 2.07. The van der Waals surface area contributed by atoms with Crippen LogP contribution in [-0.4, -0.2) is 29.2 Å². The first kappa shape index (κ1) is 11.4. The molecule has 80 valence electrons. The van der Waals surface area contributed by atoms with Crippen LogP contribution in [0.2, 0.25) is 0 Å². The topological polar surface area (TPSA) is 70.8 Å². The molecule has 0 saturated heterocycles. The number of nitriles is 1. The number of hydrogen-bond donors (Lipinski definition) is 1. The van der Waals surface area contributed by atoms with Gasteiger partial charge in [-0.1, -0.05) is 0 Å². The Bertz CT molecular complexity index is 348. The molecule has 0 aliphatic rings. The molecule has 15 heavy (non-hydrogen) atoms. The van der Waals surface area contributed by atoms with E-state index in [1.807, 2.05) is 19.9 Å². The van der Waals surface area contributed by atoms with E-state index in [9.17, 15) is 0 Å². The van der Waals surface area contributed by atoms with Crippen LogP contribution in [0.25, 0.3) is 0 Å². The standard InChI is InChI=1S/C10H14N4O/c1-3-15-7-8(2)14-10-9(6-11)12-4-5-13-10/h4-5,8H,3,7H2,1-2H3,(H,13,14). The molecule has 5 nitrogen and oxygen atoms in total. The summed E-state index contributed by atoms with van der Waals surface area (Å²) in [4.78, 5) is 7.95. The Morgan fingerprint density at radius 1 is 1.53 bits per heavy atom. The lowest BCUT2D eigenvalue weighted by Gasteiger charge is -2.14. The van der Waals surface area contributed by atoms with E-state index in [1.165, 1.54) is 6.20 Å². The fraction of sp³-hybridized carbons (Fsp3) is 0.500. The van der Waals surface area contributed by atoms with Crippen LogP contribution in [-0.2, 0) is 4.74 Å². The normalized spacial score (nSPS) is 11.8. The Hall–Kier alpha value is -1.67. The van der Waals surface area contributed by atoms with Crippen molar-refractivity contribution in [3.63, 3.8) is 0 Å². The first-order valence-corrected chi connectivity index (χ1v) is 4.83. The van der Waals surface area contributed by atoms with Gasteiger partial charge in [-0.25, -0.2) is 9.97 Å². The molecule has 1 aromatic rings. The minimum atomic E-state index is 0.105. The van der Waals surface area contributed by atoms with Crippen molar-refractivity contribution in [2.24, 2.45) is 0 Å². The summed E-state index contributed by atoms with van der Waals surface area (Å²) in [6.45, 7) is 5.16. The van der Waals surface area contributed by atoms with Gasteiger partial charge in [0.15, 0.2) is 11.5 Å². The lowest BCUT2D eigenvalue weighted by Crippen LogP contribution is -2.23. The largest absolute Gasteiger partial charge is 0.380 e. The fourth-order valence-corrected chi connectivity index (χ4v) is 1.10. The van der Waals surface area contributed by atoms with Crippen molar-refractivity contribution in [2.45, 2.75) is 19.9 Å². The maximum atomic E-state index is 8.78. The van der Waals surface area contributed by atoms with Gasteiger partial charge in [0.25, 0.3) is 0 Å². The summed E-state index contributed by atoms with van der Waals surface area (Å²) >= 11 is 0. The van der Waals surface area contributed by atoms with Gasteiger partial charge in [-0.15, -0.1) is 0 Å². The number of nitrogens with zero attached hydrogens (tertiary/aromatic N) is 3. The first-order valence-electron chi connectivity index (χ1n) is 4.83. The molecule has 0 saturated carbocycles. The van der Waals surface area contributed by atoms with Gasteiger partial charge in [0, 0.05) is 25.0 Å². The van der Waals surface area contributed by atoms with Crippen LogP contribution in [0.1, 0.15) is 19.5 Å². The fourth-order valence-electron chi connectivity index (χ4n) is 1.10. The Morgan fingerprint density at radius 3 is 2.93 bits per heavy atom. The van der Waals surface area contributed by atoms with Crippen LogP contribution in [0.3, 0.4) is 0 Å². The van der Waals surface area contributed by atoms with Crippen LogP contribution in [0.15, 0.2) is 12.4 Å². The predicted molar refractivity (Wildman–Crippen MR) is 56.3 cm³/mol. The van der Waals surface area contributed by atoms with E-state index in [2.05, 4.69) is 15.3 Å². The minimum absolute atomic E-state index is 0.105. The molecule has 1 unspecified atom stereocenters. The molecule has 0 aliphatic carbocycles. The summed E-state index contributed by atoms with van der Waals surface area (Å²) in [6.07, 6.45) is 3.05. The van der Waals surface area contributed by atoms with E-state index in [4.69, 9.17) is 10.00 Å². The quantitative estimate of drug-likeness (QED) is 0.783. The van der Waals surface area contributed by atoms with Crippen molar-refractivity contribution in [3.05, 3.63) is 18.1 Å². The Labute approximate surface area is 89.1 Å². The van der Waals surface area contributed by atoms with Crippen LogP contribution in [0.5, 0.6) is 0 Å². The molecule has 1 heterocycles. The number of nitrogens with one attached hydrogen (secondary N) is 1. The van der Waals surface area contributed by atoms with Gasteiger partial charge in [-0.2, -0.15) is 5.26 Å². The molecule has 1 N–H and O–H groups in total. The number of ether oxygens (including phenoxy) is 1. The minimum Gasteiger partial charge on any atom is -0.380 e. The van der Waals surface area contributed by atoms with Crippen molar-refractivity contribution in [1.82, 2.24) is 9.97 Å². The molecular formula is C10H14N4O. The van der Waals surface area contributed by atoms with Crippen LogP contribution >= 0.6 is 0 Å². The average molecular weight is 206 g/mol. The van der Waals surface area contributed by atoms with Crippen molar-refractivity contribution in [3.8, 4) is 6.07 Å². The third kappa shape index (κ3) is 3.52. The van der Waals surface area contributed by atoms with E-state index in [0.29, 0.717) is 24.7 Å². The number of anilines is 1. The highest BCUT2D eigenvalue weighted by atomic mass is 16.5. The Morgan fingerprint density at radius 2 is 2.27 bits per heavy atom. The third-order valence-electron chi connectivity index (χ3n) is 1.76. The van der Waals surface area contributed by atoms with Crippen molar-refractivity contribution in [1.29, 1.82) is 5.26 Å². The zero-order chi connectivity index (χ0) is 11.1. The van der Waals surface area contributed by atoms with Gasteiger partial charge in [-0.3, -0.25) is 0 Å². The molecule has 0 amide bonds. The van der Waals surface area contributed by atoms with Gasteiger partial charge >= 0.3 is 0 Å². The summed E-state index contributed by atoms with van der Waals surface area (Å²) in [5.74, 6) is 0.507. The predicted octanol–water partition coefficient (Wildman–Crippen LogP) is 1.19. The highest BCUT2D eigenvalue weighted by molar-refractivity contribution is 5.47. The van der Waals surface area contributed by atoms with Gasteiger partial charge in [-0.05, 0) is 13.8 Å². The smallest absolute Gasteiger partial charge is 0.182 e. The summed E-state index contributed by atoms with van der Waals surface area (Å²) < 4.78 is 5.25. The SMILES string of the molecule is CCOCC(C)Nc1nccnc1C#N. The molecule has 0 aliphatic heterocycles. The molecule has 0 bridgehead atoms. The maximum Gasteiger partial charge on any atom is 0.182 e. The van der Waals surface area contributed by atoms with Crippen LogP contribution < -0.4 is 5.32 Å². The van der Waals surface area contributed by atoms with Gasteiger partial charge in [0.05, 0.1) is 6.61 Å². The van der Waals surface area contributed by atoms with Gasteiger partial charge < -0.3 is 10.1 Å². The lowest BCUT2D eigenvalue weighted by molar-refractivity contribution is 0.141. The molecular weight excluding hydrogens is 192 g/mol. The van der Waals surface area contributed by atoms with Crippen molar-refractivity contribution >= 4 is 5.82 Å². The lowest BCUT2D eigenvalue weighted by atomic mass is 10.3. The molecule has 1 aromatic heterocycles. The molecule has 0 fully saturated rings. The summed E-state index contributed by atoms with van der Waals surface area (Å²) in [6, 6.07) is 2.09. The Balaban J connectivity index is 2.60. The van der Waals surface area contributed by atoms with Crippen molar-refractivity contribution in [2.75, 3.05) is 18.5 Å². The van der Waals surface area contributed by atoms with Gasteiger partial charge in [0.2, 0.25) is 0 Å². The zero-order valence-corrected chi connectivity index (χ0v) is 8.90. The molecule has 0 spiro atoms. The average Bonchev–Trinajstić information content (AvgIpc) is 2.27. The summed E-state index contributed by atoms with van der Waals surface area (Å²) in [5, 5.41) is 11.9. The summed E-state index contributed by atoms with van der Waals surface area (Å²) in [7, 11) is 0. The number of aromatic nitrogens is 2. The second-order valence-electron chi connectivity index (χ2n) is 3.07. The van der Waals surface area contributed by atoms with E-state index < -0.39 is 0 Å². The van der Waals surface area contributed by atoms with Crippen molar-refractivity contribution < 1.29 is 4.74 Å². The van der Waals surface area contributed by atoms with E-state index in [1.54, 1.807) is 6.20 Å². The van der Waals surface area contributed by atoms with Crippen LogP contribution in [0, 0.1) is 11.3 Å². The second kappa shape index (κ2) is 5.94.